The molecule has 0 bridgehead atoms. The number of likely N-dealkylation sites (tertiary alicyclic amines) is 1. The molecule has 1 atom stereocenters. The largest absolute Gasteiger partial charge is 0.573 e. The molecule has 0 spiro atoms. The molecule has 0 unspecified atom stereocenters. The van der Waals surface area contributed by atoms with Crippen molar-refractivity contribution in [3.63, 3.8) is 0 Å². The van der Waals surface area contributed by atoms with E-state index < -0.39 is 22.1 Å². The molecule has 2 aromatic rings. The Kier molecular flexibility index (Phi) is 7.16. The number of sulfonamides is 1. The van der Waals surface area contributed by atoms with E-state index in [9.17, 15) is 21.6 Å². The molecule has 1 saturated carbocycles. The fourth-order valence-corrected chi connectivity index (χ4v) is 5.63. The smallest absolute Gasteiger partial charge is 0.490 e. The Labute approximate surface area is 191 Å². The fraction of sp³-hybridized carbons (Fsp3) is 0.478. The lowest BCUT2D eigenvalue weighted by atomic mass is 10.2. The number of rotatable bonds is 8. The summed E-state index contributed by atoms with van der Waals surface area (Å²) in [6.07, 6.45) is 0.677. The molecular weight excluding hydrogens is 457 g/mol. The molecule has 4 rings (SSSR count). The maximum absolute atomic E-state index is 12.7. The van der Waals surface area contributed by atoms with Gasteiger partial charge < -0.3 is 9.47 Å². The Morgan fingerprint density at radius 2 is 1.73 bits per heavy atom. The Balaban J connectivity index is 1.30. The van der Waals surface area contributed by atoms with Crippen LogP contribution in [0.4, 0.5) is 13.2 Å². The summed E-state index contributed by atoms with van der Waals surface area (Å²) in [7, 11) is -3.98. The summed E-state index contributed by atoms with van der Waals surface area (Å²) in [6.45, 7) is 1.90. The van der Waals surface area contributed by atoms with E-state index in [1.54, 1.807) is 0 Å². The third-order valence-electron chi connectivity index (χ3n) is 5.88. The number of halogens is 3. The average Bonchev–Trinajstić information content (AvgIpc) is 3.40. The van der Waals surface area contributed by atoms with Gasteiger partial charge in [-0.25, -0.2) is 13.1 Å². The highest BCUT2D eigenvalue weighted by Crippen LogP contribution is 2.26. The summed E-state index contributed by atoms with van der Waals surface area (Å²) >= 11 is 0. The molecule has 2 aliphatic rings. The second-order valence-corrected chi connectivity index (χ2v) is 10.2. The molecule has 1 saturated heterocycles. The number of hydrogen-bond donors (Lipinski definition) is 1. The van der Waals surface area contributed by atoms with Crippen molar-refractivity contribution in [3.8, 4) is 11.5 Å². The molecule has 2 fully saturated rings. The molecular formula is C23H27F3N2O4S. The molecule has 1 heterocycles. The third-order valence-corrected chi connectivity index (χ3v) is 7.40. The lowest BCUT2D eigenvalue weighted by Crippen LogP contribution is -2.37. The summed E-state index contributed by atoms with van der Waals surface area (Å²) in [4.78, 5) is 1.88. The summed E-state index contributed by atoms with van der Waals surface area (Å²) in [6, 6.07) is 12.1. The van der Waals surface area contributed by atoms with Crippen LogP contribution in [0.25, 0.3) is 0 Å². The van der Waals surface area contributed by atoms with Gasteiger partial charge in [-0.2, -0.15) is 0 Å². The second kappa shape index (κ2) is 9.90. The lowest BCUT2D eigenvalue weighted by molar-refractivity contribution is -0.274. The first-order valence-corrected chi connectivity index (χ1v) is 12.5. The Morgan fingerprint density at radius 3 is 2.42 bits per heavy atom. The van der Waals surface area contributed by atoms with Crippen LogP contribution >= 0.6 is 0 Å². The lowest BCUT2D eigenvalue weighted by Gasteiger charge is -2.18. The molecule has 180 valence electrons. The predicted octanol–water partition coefficient (Wildman–Crippen LogP) is 4.46. The van der Waals surface area contributed by atoms with Crippen LogP contribution in [0.1, 0.15) is 37.7 Å². The molecule has 33 heavy (non-hydrogen) atoms. The monoisotopic (exact) mass is 484 g/mol. The zero-order valence-electron chi connectivity index (χ0n) is 18.1. The van der Waals surface area contributed by atoms with E-state index in [2.05, 4.69) is 14.4 Å². The van der Waals surface area contributed by atoms with E-state index in [1.165, 1.54) is 25.0 Å². The number of nitrogens with zero attached hydrogens (tertiary/aromatic N) is 1. The zero-order valence-corrected chi connectivity index (χ0v) is 18.9. The Bertz CT molecular complexity index is 1040. The van der Waals surface area contributed by atoms with Crippen LogP contribution in [0.15, 0.2) is 53.4 Å². The Hall–Kier alpha value is -2.30. The summed E-state index contributed by atoms with van der Waals surface area (Å²) in [5.74, 6) is 0.299. The van der Waals surface area contributed by atoms with Crippen LogP contribution in [0, 0.1) is 0 Å². The van der Waals surface area contributed by atoms with Crippen molar-refractivity contribution in [2.45, 2.75) is 62.1 Å². The van der Waals surface area contributed by atoms with Crippen LogP contribution in [0.5, 0.6) is 11.5 Å². The van der Waals surface area contributed by atoms with Crippen molar-refractivity contribution in [1.82, 2.24) is 9.62 Å². The van der Waals surface area contributed by atoms with Gasteiger partial charge >= 0.3 is 6.36 Å². The maximum atomic E-state index is 12.7. The van der Waals surface area contributed by atoms with Gasteiger partial charge in [-0.3, -0.25) is 4.90 Å². The molecule has 10 heteroatoms. The van der Waals surface area contributed by atoms with Crippen LogP contribution in [-0.2, 0) is 16.6 Å². The number of alkyl halides is 3. The minimum absolute atomic E-state index is 0.263. The molecule has 0 amide bonds. The SMILES string of the molecule is O=S(=O)(N[C@@H]1CCN(Cc2ccc(OC3CCCC3)cc2)C1)c1cccc(OC(F)(F)F)c1. The number of ether oxygens (including phenoxy) is 2. The van der Waals surface area contributed by atoms with Crippen LogP contribution < -0.4 is 14.2 Å². The number of benzene rings is 2. The van der Waals surface area contributed by atoms with Gasteiger partial charge in [-0.1, -0.05) is 18.2 Å². The quantitative estimate of drug-likeness (QED) is 0.599. The van der Waals surface area contributed by atoms with Gasteiger partial charge in [-0.05, 0) is 61.9 Å². The van der Waals surface area contributed by atoms with Crippen LogP contribution in [-0.4, -0.2) is 44.9 Å². The third kappa shape index (κ3) is 6.84. The number of nitrogens with one attached hydrogen (secondary N) is 1. The van der Waals surface area contributed by atoms with Gasteiger partial charge in [0.2, 0.25) is 10.0 Å². The van der Waals surface area contributed by atoms with Crippen molar-refractivity contribution in [2.75, 3.05) is 13.1 Å². The fourth-order valence-electron chi connectivity index (χ4n) is 4.33. The highest BCUT2D eigenvalue weighted by molar-refractivity contribution is 7.89. The highest BCUT2D eigenvalue weighted by atomic mass is 32.2. The summed E-state index contributed by atoms with van der Waals surface area (Å²) in [5, 5.41) is 0. The van der Waals surface area contributed by atoms with Gasteiger partial charge in [0.05, 0.1) is 11.0 Å². The first kappa shape index (κ1) is 23.8. The Morgan fingerprint density at radius 1 is 1.00 bits per heavy atom. The first-order chi connectivity index (χ1) is 15.7. The predicted molar refractivity (Wildman–Crippen MR) is 116 cm³/mol. The maximum Gasteiger partial charge on any atom is 0.573 e. The number of hydrogen-bond acceptors (Lipinski definition) is 5. The average molecular weight is 485 g/mol. The van der Waals surface area contributed by atoms with Gasteiger partial charge in [0.15, 0.2) is 0 Å². The van der Waals surface area contributed by atoms with Crippen LogP contribution in [0.3, 0.4) is 0 Å². The van der Waals surface area contributed by atoms with E-state index in [0.29, 0.717) is 32.2 Å². The van der Waals surface area contributed by atoms with Gasteiger partial charge in [-0.15, -0.1) is 13.2 Å². The second-order valence-electron chi connectivity index (χ2n) is 8.53. The molecule has 1 aliphatic carbocycles. The van der Waals surface area contributed by atoms with Gasteiger partial charge in [0.25, 0.3) is 0 Å². The molecule has 1 N–H and O–H groups in total. The van der Waals surface area contributed by atoms with Gasteiger partial charge in [0, 0.05) is 31.7 Å². The molecule has 0 aromatic heterocycles. The van der Waals surface area contributed by atoms with E-state index in [-0.39, 0.29) is 10.9 Å². The molecule has 2 aromatic carbocycles. The first-order valence-electron chi connectivity index (χ1n) is 11.0. The normalized spacial score (nSPS) is 20.3. The topological polar surface area (TPSA) is 67.9 Å². The van der Waals surface area contributed by atoms with E-state index in [0.717, 1.165) is 36.3 Å². The van der Waals surface area contributed by atoms with E-state index >= 15 is 0 Å². The molecule has 6 nitrogen and oxygen atoms in total. The van der Waals surface area contributed by atoms with Crippen molar-refractivity contribution in [2.24, 2.45) is 0 Å². The van der Waals surface area contributed by atoms with Gasteiger partial charge in [0.1, 0.15) is 11.5 Å². The molecule has 0 radical (unpaired) electrons. The molecule has 1 aliphatic heterocycles. The van der Waals surface area contributed by atoms with Crippen molar-refractivity contribution in [1.29, 1.82) is 0 Å². The van der Waals surface area contributed by atoms with Crippen LogP contribution in [0.2, 0.25) is 0 Å². The minimum atomic E-state index is -4.89. The van der Waals surface area contributed by atoms with E-state index in [4.69, 9.17) is 4.74 Å². The van der Waals surface area contributed by atoms with E-state index in [1.807, 2.05) is 24.3 Å². The highest BCUT2D eigenvalue weighted by Gasteiger charge is 2.32. The van der Waals surface area contributed by atoms with Crippen molar-refractivity contribution < 1.29 is 31.1 Å². The minimum Gasteiger partial charge on any atom is -0.490 e. The standard InChI is InChI=1S/C23H27F3N2O4S/c24-23(25,26)32-21-6-3-7-22(14-21)33(29,30)27-18-12-13-28(16-18)15-17-8-10-20(11-9-17)31-19-4-1-2-5-19/h3,6-11,14,18-19,27H,1-2,4-5,12-13,15-16H2/t18-/m1/s1. The van der Waals surface area contributed by atoms with Crippen molar-refractivity contribution >= 4 is 10.0 Å². The summed E-state index contributed by atoms with van der Waals surface area (Å²) < 4.78 is 75.1. The summed E-state index contributed by atoms with van der Waals surface area (Å²) in [5.41, 5.74) is 1.11. The zero-order chi connectivity index (χ0) is 23.5. The van der Waals surface area contributed by atoms with Crippen molar-refractivity contribution in [3.05, 3.63) is 54.1 Å².